The van der Waals surface area contributed by atoms with E-state index in [4.69, 9.17) is 4.42 Å². The Kier molecular flexibility index (Phi) is 2.60. The minimum atomic E-state index is -0.613. The fourth-order valence-corrected chi connectivity index (χ4v) is 3.14. The van der Waals surface area contributed by atoms with Crippen LogP contribution in [0, 0.1) is 12.8 Å². The first-order valence-corrected chi connectivity index (χ1v) is 6.86. The molecule has 0 spiro atoms. The van der Waals surface area contributed by atoms with Crippen molar-refractivity contribution in [3.05, 3.63) is 45.5 Å². The van der Waals surface area contributed by atoms with Gasteiger partial charge < -0.3 is 9.52 Å². The topological polar surface area (TPSA) is 33.4 Å². The van der Waals surface area contributed by atoms with Gasteiger partial charge in [0.2, 0.25) is 0 Å². The van der Waals surface area contributed by atoms with Crippen LogP contribution in [0.15, 0.2) is 28.0 Å². The molecular formula is C14H16O2S. The quantitative estimate of drug-likeness (QED) is 0.895. The highest BCUT2D eigenvalue weighted by molar-refractivity contribution is 7.10. The molecule has 1 aliphatic rings. The molecule has 0 saturated heterocycles. The van der Waals surface area contributed by atoms with Gasteiger partial charge in [0, 0.05) is 10.8 Å². The van der Waals surface area contributed by atoms with Crippen LogP contribution in [0.3, 0.4) is 0 Å². The SMILES string of the molecule is Cc1ccsc1C(O)c1ccc(C2CC2C)o1. The van der Waals surface area contributed by atoms with Crippen LogP contribution >= 0.6 is 11.3 Å². The van der Waals surface area contributed by atoms with Gasteiger partial charge in [0.05, 0.1) is 0 Å². The van der Waals surface area contributed by atoms with Crippen molar-refractivity contribution in [1.29, 1.82) is 0 Å². The first kappa shape index (κ1) is 11.1. The summed E-state index contributed by atoms with van der Waals surface area (Å²) in [6, 6.07) is 5.94. The summed E-state index contributed by atoms with van der Waals surface area (Å²) in [4.78, 5) is 0.981. The van der Waals surface area contributed by atoms with Gasteiger partial charge in [-0.1, -0.05) is 6.92 Å². The Hall–Kier alpha value is -1.06. The zero-order valence-electron chi connectivity index (χ0n) is 10.0. The predicted octanol–water partition coefficient (Wildman–Crippen LogP) is 3.85. The van der Waals surface area contributed by atoms with Crippen molar-refractivity contribution in [2.75, 3.05) is 0 Å². The van der Waals surface area contributed by atoms with E-state index in [0.717, 1.165) is 22.1 Å². The van der Waals surface area contributed by atoms with Gasteiger partial charge in [0.15, 0.2) is 0 Å². The highest BCUT2D eigenvalue weighted by atomic mass is 32.1. The maximum absolute atomic E-state index is 10.3. The molecule has 3 rings (SSSR count). The summed E-state index contributed by atoms with van der Waals surface area (Å²) >= 11 is 1.58. The lowest BCUT2D eigenvalue weighted by molar-refractivity contribution is 0.189. The summed E-state index contributed by atoms with van der Waals surface area (Å²) in [6.45, 7) is 4.24. The van der Waals surface area contributed by atoms with Gasteiger partial charge in [0.1, 0.15) is 17.6 Å². The number of rotatable bonds is 3. The number of aliphatic hydroxyl groups is 1. The molecule has 0 aromatic carbocycles. The highest BCUT2D eigenvalue weighted by Crippen LogP contribution is 2.48. The molecule has 1 saturated carbocycles. The molecule has 2 aromatic rings. The number of furan rings is 1. The minimum Gasteiger partial charge on any atom is -0.463 e. The van der Waals surface area contributed by atoms with Crippen molar-refractivity contribution in [2.45, 2.75) is 32.3 Å². The van der Waals surface area contributed by atoms with Crippen LogP contribution in [0.2, 0.25) is 0 Å². The Bertz CT molecular complexity index is 526. The van der Waals surface area contributed by atoms with Gasteiger partial charge in [-0.25, -0.2) is 0 Å². The van der Waals surface area contributed by atoms with Gasteiger partial charge in [-0.15, -0.1) is 11.3 Å². The van der Waals surface area contributed by atoms with E-state index in [0.29, 0.717) is 11.7 Å². The van der Waals surface area contributed by atoms with Gasteiger partial charge in [-0.05, 0) is 48.4 Å². The third-order valence-corrected chi connectivity index (χ3v) is 4.61. The summed E-state index contributed by atoms with van der Waals surface area (Å²) in [6.07, 6.45) is 0.596. The van der Waals surface area contributed by atoms with Crippen molar-refractivity contribution < 1.29 is 9.52 Å². The number of aryl methyl sites for hydroxylation is 1. The van der Waals surface area contributed by atoms with Crippen LogP contribution in [0.1, 0.15) is 47.3 Å². The predicted molar refractivity (Wildman–Crippen MR) is 68.3 cm³/mol. The molecule has 0 radical (unpaired) electrons. The normalized spacial score (nSPS) is 24.9. The number of hydrogen-bond acceptors (Lipinski definition) is 3. The lowest BCUT2D eigenvalue weighted by Gasteiger charge is -2.06. The molecule has 3 atom stereocenters. The molecule has 3 unspecified atom stereocenters. The Morgan fingerprint density at radius 3 is 2.76 bits per heavy atom. The second-order valence-electron chi connectivity index (χ2n) is 4.93. The van der Waals surface area contributed by atoms with Crippen LogP contribution in [0.4, 0.5) is 0 Å². The molecule has 0 aliphatic heterocycles. The van der Waals surface area contributed by atoms with Crippen LogP contribution in [-0.2, 0) is 0 Å². The molecule has 0 amide bonds. The molecule has 2 nitrogen and oxygen atoms in total. The van der Waals surface area contributed by atoms with Crippen LogP contribution < -0.4 is 0 Å². The van der Waals surface area contributed by atoms with Crippen molar-refractivity contribution in [1.82, 2.24) is 0 Å². The lowest BCUT2D eigenvalue weighted by atomic mass is 10.1. The first-order valence-electron chi connectivity index (χ1n) is 5.98. The van der Waals surface area contributed by atoms with Gasteiger partial charge in [-0.2, -0.15) is 0 Å². The second-order valence-corrected chi connectivity index (χ2v) is 5.88. The lowest BCUT2D eigenvalue weighted by Crippen LogP contribution is -1.96. The van der Waals surface area contributed by atoms with E-state index in [9.17, 15) is 5.11 Å². The Morgan fingerprint density at radius 1 is 1.41 bits per heavy atom. The molecule has 2 aromatic heterocycles. The van der Waals surface area contributed by atoms with Crippen LogP contribution in [0.25, 0.3) is 0 Å². The summed E-state index contributed by atoms with van der Waals surface area (Å²) in [5.41, 5.74) is 1.13. The molecule has 17 heavy (non-hydrogen) atoms. The summed E-state index contributed by atoms with van der Waals surface area (Å²) in [5.74, 6) is 3.00. The molecule has 3 heteroatoms. The zero-order valence-corrected chi connectivity index (χ0v) is 10.8. The number of thiophene rings is 1. The maximum atomic E-state index is 10.3. The first-order chi connectivity index (χ1) is 8.16. The van der Waals surface area contributed by atoms with E-state index in [1.165, 1.54) is 6.42 Å². The molecule has 1 N–H and O–H groups in total. The number of hydrogen-bond donors (Lipinski definition) is 1. The summed E-state index contributed by atoms with van der Waals surface area (Å²) in [7, 11) is 0. The molecule has 1 aliphatic carbocycles. The van der Waals surface area contributed by atoms with E-state index in [2.05, 4.69) is 6.92 Å². The average Bonchev–Trinajstić information content (AvgIpc) is 2.76. The largest absolute Gasteiger partial charge is 0.463 e. The van der Waals surface area contributed by atoms with Gasteiger partial charge in [0.25, 0.3) is 0 Å². The maximum Gasteiger partial charge on any atom is 0.146 e. The highest BCUT2D eigenvalue weighted by Gasteiger charge is 2.37. The molecule has 2 heterocycles. The molecular weight excluding hydrogens is 232 g/mol. The summed E-state index contributed by atoms with van der Waals surface area (Å²) < 4.78 is 5.78. The fourth-order valence-electron chi connectivity index (χ4n) is 2.23. The Labute approximate surface area is 105 Å². The van der Waals surface area contributed by atoms with Crippen LogP contribution in [-0.4, -0.2) is 5.11 Å². The van der Waals surface area contributed by atoms with Crippen molar-refractivity contribution >= 4 is 11.3 Å². The van der Waals surface area contributed by atoms with Crippen LogP contribution in [0.5, 0.6) is 0 Å². The zero-order chi connectivity index (χ0) is 12.0. The standard InChI is InChI=1S/C14H16O2S/c1-8-5-6-17-14(8)13(15)12-4-3-11(16-12)10-7-9(10)2/h3-6,9-10,13,15H,7H2,1-2H3. The Morgan fingerprint density at radius 2 is 2.18 bits per heavy atom. The van der Waals surface area contributed by atoms with E-state index < -0.39 is 6.10 Å². The second kappa shape index (κ2) is 4.00. The molecule has 1 fully saturated rings. The van der Waals surface area contributed by atoms with Gasteiger partial charge >= 0.3 is 0 Å². The molecule has 0 bridgehead atoms. The number of aliphatic hydroxyl groups excluding tert-OH is 1. The monoisotopic (exact) mass is 248 g/mol. The average molecular weight is 248 g/mol. The van der Waals surface area contributed by atoms with E-state index in [-0.39, 0.29) is 0 Å². The van der Waals surface area contributed by atoms with Crippen molar-refractivity contribution in [2.24, 2.45) is 5.92 Å². The Balaban J connectivity index is 1.84. The minimum absolute atomic E-state index is 0.570. The third kappa shape index (κ3) is 1.94. The molecule has 90 valence electrons. The fraction of sp³-hybridized carbons (Fsp3) is 0.429. The van der Waals surface area contributed by atoms with Gasteiger partial charge in [-0.3, -0.25) is 0 Å². The van der Waals surface area contributed by atoms with E-state index >= 15 is 0 Å². The van der Waals surface area contributed by atoms with Crippen molar-refractivity contribution in [3.63, 3.8) is 0 Å². The smallest absolute Gasteiger partial charge is 0.146 e. The van der Waals surface area contributed by atoms with E-state index in [1.54, 1.807) is 11.3 Å². The summed E-state index contributed by atoms with van der Waals surface area (Å²) in [5, 5.41) is 12.3. The van der Waals surface area contributed by atoms with E-state index in [1.807, 2.05) is 30.5 Å². The third-order valence-electron chi connectivity index (χ3n) is 3.54. The van der Waals surface area contributed by atoms with Crippen molar-refractivity contribution in [3.8, 4) is 0 Å².